The summed E-state index contributed by atoms with van der Waals surface area (Å²) in [5, 5.41) is 0. The molecule has 1 saturated heterocycles. The van der Waals surface area contributed by atoms with Crippen molar-refractivity contribution in [2.75, 3.05) is 33.4 Å². The quantitative estimate of drug-likeness (QED) is 0.760. The van der Waals surface area contributed by atoms with E-state index in [2.05, 4.69) is 4.90 Å². The van der Waals surface area contributed by atoms with Gasteiger partial charge in [-0.3, -0.25) is 9.69 Å². The van der Waals surface area contributed by atoms with Gasteiger partial charge in [0.05, 0.1) is 13.0 Å². The van der Waals surface area contributed by atoms with E-state index in [9.17, 15) is 4.79 Å². The van der Waals surface area contributed by atoms with E-state index >= 15 is 0 Å². The van der Waals surface area contributed by atoms with Gasteiger partial charge in [0.15, 0.2) is 0 Å². The second-order valence-corrected chi connectivity index (χ2v) is 4.92. The van der Waals surface area contributed by atoms with E-state index in [1.54, 1.807) is 0 Å². The second-order valence-electron chi connectivity index (χ2n) is 4.92. The Morgan fingerprint density at radius 1 is 1.42 bits per heavy atom. The second kappa shape index (κ2) is 6.57. The number of esters is 1. The number of carbonyl (C=O) groups is 1. The van der Waals surface area contributed by atoms with Crippen LogP contribution in [0.1, 0.15) is 12.0 Å². The van der Waals surface area contributed by atoms with E-state index in [0.29, 0.717) is 6.61 Å². The molecule has 1 aliphatic rings. The predicted molar refractivity (Wildman–Crippen MR) is 73.2 cm³/mol. The number of hydrogen-bond acceptors (Lipinski definition) is 4. The van der Waals surface area contributed by atoms with Gasteiger partial charge in [-0.05, 0) is 31.5 Å². The van der Waals surface area contributed by atoms with Crippen molar-refractivity contribution in [3.05, 3.63) is 29.8 Å². The van der Waals surface area contributed by atoms with Gasteiger partial charge >= 0.3 is 5.97 Å². The summed E-state index contributed by atoms with van der Waals surface area (Å²) in [6, 6.07) is 8.00. The molecule has 0 aliphatic carbocycles. The monoisotopic (exact) mass is 263 g/mol. The molecule has 0 saturated carbocycles. The Hall–Kier alpha value is -1.55. The van der Waals surface area contributed by atoms with Gasteiger partial charge in [-0.15, -0.1) is 0 Å². The molecule has 4 nitrogen and oxygen atoms in total. The molecule has 2 rings (SSSR count). The van der Waals surface area contributed by atoms with Crippen LogP contribution in [0.4, 0.5) is 0 Å². The molecule has 19 heavy (non-hydrogen) atoms. The number of methoxy groups -OCH3 is 1. The molecule has 0 radical (unpaired) electrons. The number of hydrogen-bond donors (Lipinski definition) is 0. The molecular weight excluding hydrogens is 242 g/mol. The van der Waals surface area contributed by atoms with Crippen molar-refractivity contribution in [2.24, 2.45) is 5.92 Å². The first-order chi connectivity index (χ1) is 9.20. The van der Waals surface area contributed by atoms with Crippen LogP contribution in [0.2, 0.25) is 0 Å². The van der Waals surface area contributed by atoms with Crippen LogP contribution in [0.3, 0.4) is 0 Å². The Morgan fingerprint density at radius 3 is 2.95 bits per heavy atom. The number of carbonyl (C=O) groups excluding carboxylic acids is 1. The Bertz CT molecular complexity index is 433. The summed E-state index contributed by atoms with van der Waals surface area (Å²) >= 11 is 0. The Balaban J connectivity index is 1.73. The highest BCUT2D eigenvalue weighted by atomic mass is 16.5. The Kier molecular flexibility index (Phi) is 4.80. The lowest BCUT2D eigenvalue weighted by atomic mass is 10.1. The maximum Gasteiger partial charge on any atom is 0.310 e. The third kappa shape index (κ3) is 3.70. The van der Waals surface area contributed by atoms with Crippen LogP contribution < -0.4 is 4.74 Å². The summed E-state index contributed by atoms with van der Waals surface area (Å²) in [4.78, 5) is 13.7. The topological polar surface area (TPSA) is 38.8 Å². The molecule has 1 aliphatic heterocycles. The van der Waals surface area contributed by atoms with Crippen LogP contribution in [-0.2, 0) is 9.53 Å². The van der Waals surface area contributed by atoms with Gasteiger partial charge in [-0.25, -0.2) is 0 Å². The Labute approximate surface area is 114 Å². The van der Waals surface area contributed by atoms with Crippen molar-refractivity contribution >= 4 is 5.97 Å². The molecule has 0 aromatic heterocycles. The number of likely N-dealkylation sites (tertiary alicyclic amines) is 1. The molecule has 4 heteroatoms. The molecule has 1 atom stereocenters. The van der Waals surface area contributed by atoms with Gasteiger partial charge in [0.2, 0.25) is 0 Å². The fourth-order valence-corrected chi connectivity index (χ4v) is 2.40. The Morgan fingerprint density at radius 2 is 2.21 bits per heavy atom. The molecule has 1 aromatic carbocycles. The van der Waals surface area contributed by atoms with Crippen LogP contribution in [-0.4, -0.2) is 44.2 Å². The molecule has 104 valence electrons. The minimum absolute atomic E-state index is 0.0310. The number of aryl methyl sites for hydroxylation is 1. The van der Waals surface area contributed by atoms with Gasteiger partial charge in [0.1, 0.15) is 12.4 Å². The number of para-hydroxylation sites is 1. The standard InChI is InChI=1S/C15H21NO3/c1-12-5-3-4-6-14(12)19-10-9-16-8-7-13(11-16)15(17)18-2/h3-6,13H,7-11H2,1-2H3. The van der Waals surface area contributed by atoms with Crippen LogP contribution >= 0.6 is 0 Å². The lowest BCUT2D eigenvalue weighted by molar-refractivity contribution is -0.144. The van der Waals surface area contributed by atoms with Crippen molar-refractivity contribution in [3.8, 4) is 5.75 Å². The van der Waals surface area contributed by atoms with Crippen LogP contribution in [0.15, 0.2) is 24.3 Å². The molecule has 0 amide bonds. The maximum absolute atomic E-state index is 11.4. The van der Waals surface area contributed by atoms with Gasteiger partial charge in [-0.1, -0.05) is 18.2 Å². The maximum atomic E-state index is 11.4. The van der Waals surface area contributed by atoms with E-state index in [1.165, 1.54) is 7.11 Å². The summed E-state index contributed by atoms with van der Waals surface area (Å²) in [7, 11) is 1.45. The van der Waals surface area contributed by atoms with Crippen LogP contribution in [0, 0.1) is 12.8 Å². The van der Waals surface area contributed by atoms with Crippen molar-refractivity contribution < 1.29 is 14.3 Å². The molecule has 1 fully saturated rings. The fourth-order valence-electron chi connectivity index (χ4n) is 2.40. The van der Waals surface area contributed by atoms with Crippen LogP contribution in [0.25, 0.3) is 0 Å². The van der Waals surface area contributed by atoms with Crippen molar-refractivity contribution in [1.82, 2.24) is 4.90 Å². The predicted octanol–water partition coefficient (Wildman–Crippen LogP) is 1.87. The first-order valence-corrected chi connectivity index (χ1v) is 6.69. The highest BCUT2D eigenvalue weighted by Gasteiger charge is 2.28. The van der Waals surface area contributed by atoms with Gasteiger partial charge < -0.3 is 9.47 Å². The minimum atomic E-state index is -0.0951. The largest absolute Gasteiger partial charge is 0.492 e. The van der Waals surface area contributed by atoms with Gasteiger partial charge in [0.25, 0.3) is 0 Å². The van der Waals surface area contributed by atoms with E-state index in [4.69, 9.17) is 9.47 Å². The number of benzene rings is 1. The summed E-state index contributed by atoms with van der Waals surface area (Å²) in [5.41, 5.74) is 1.15. The molecule has 0 spiro atoms. The summed E-state index contributed by atoms with van der Waals surface area (Å²) < 4.78 is 10.5. The molecule has 0 N–H and O–H groups in total. The number of rotatable bonds is 5. The summed E-state index contributed by atoms with van der Waals surface area (Å²) in [6.07, 6.45) is 0.886. The van der Waals surface area contributed by atoms with Crippen molar-refractivity contribution in [3.63, 3.8) is 0 Å². The molecular formula is C15H21NO3. The number of ether oxygens (including phenoxy) is 2. The zero-order chi connectivity index (χ0) is 13.7. The van der Waals surface area contributed by atoms with E-state index in [-0.39, 0.29) is 11.9 Å². The van der Waals surface area contributed by atoms with E-state index in [0.717, 1.165) is 37.4 Å². The van der Waals surface area contributed by atoms with Crippen molar-refractivity contribution in [2.45, 2.75) is 13.3 Å². The van der Waals surface area contributed by atoms with E-state index in [1.807, 2.05) is 31.2 Å². The van der Waals surface area contributed by atoms with Gasteiger partial charge in [0, 0.05) is 13.1 Å². The lowest BCUT2D eigenvalue weighted by Gasteiger charge is -2.16. The first kappa shape index (κ1) is 13.9. The third-order valence-electron chi connectivity index (χ3n) is 3.57. The van der Waals surface area contributed by atoms with Crippen molar-refractivity contribution in [1.29, 1.82) is 0 Å². The highest BCUT2D eigenvalue weighted by molar-refractivity contribution is 5.72. The smallest absolute Gasteiger partial charge is 0.310 e. The summed E-state index contributed by atoms with van der Waals surface area (Å²) in [6.45, 7) is 5.26. The lowest BCUT2D eigenvalue weighted by Crippen LogP contribution is -2.28. The van der Waals surface area contributed by atoms with Crippen LogP contribution in [0.5, 0.6) is 5.75 Å². The SMILES string of the molecule is COC(=O)C1CCN(CCOc2ccccc2C)C1. The zero-order valence-corrected chi connectivity index (χ0v) is 11.6. The zero-order valence-electron chi connectivity index (χ0n) is 11.6. The molecule has 1 heterocycles. The van der Waals surface area contributed by atoms with E-state index < -0.39 is 0 Å². The average molecular weight is 263 g/mol. The summed E-state index contributed by atoms with van der Waals surface area (Å²) in [5.74, 6) is 0.872. The average Bonchev–Trinajstić information content (AvgIpc) is 2.89. The minimum Gasteiger partial charge on any atom is -0.492 e. The molecule has 0 bridgehead atoms. The molecule has 1 unspecified atom stereocenters. The fraction of sp³-hybridized carbons (Fsp3) is 0.533. The molecule has 1 aromatic rings. The number of nitrogens with zero attached hydrogens (tertiary/aromatic N) is 1. The van der Waals surface area contributed by atoms with Gasteiger partial charge in [-0.2, -0.15) is 0 Å². The normalized spacial score (nSPS) is 19.4. The first-order valence-electron chi connectivity index (χ1n) is 6.69. The highest BCUT2D eigenvalue weighted by Crippen LogP contribution is 2.18. The third-order valence-corrected chi connectivity index (χ3v) is 3.57.